The van der Waals surface area contributed by atoms with Crippen LogP contribution in [0.3, 0.4) is 0 Å². The standard InChI is InChI=1S/C12H19BrN2OS/c1-4-11(8-17-3)15(2)12-9(7-16)5-10(13)6-14-12/h5-6,11,16H,4,7-8H2,1-3H3. The molecule has 1 aromatic rings. The van der Waals surface area contributed by atoms with Gasteiger partial charge in [0.05, 0.1) is 6.61 Å². The number of halogens is 1. The lowest BCUT2D eigenvalue weighted by Crippen LogP contribution is -2.34. The van der Waals surface area contributed by atoms with E-state index in [1.54, 1.807) is 6.20 Å². The lowest BCUT2D eigenvalue weighted by molar-refractivity contribution is 0.281. The van der Waals surface area contributed by atoms with Crippen LogP contribution in [0.25, 0.3) is 0 Å². The highest BCUT2D eigenvalue weighted by molar-refractivity contribution is 9.10. The summed E-state index contributed by atoms with van der Waals surface area (Å²) in [5.41, 5.74) is 0.862. The zero-order valence-electron chi connectivity index (χ0n) is 10.5. The van der Waals surface area contributed by atoms with E-state index in [-0.39, 0.29) is 6.61 Å². The van der Waals surface area contributed by atoms with Crippen molar-refractivity contribution in [3.63, 3.8) is 0 Å². The molecule has 0 radical (unpaired) electrons. The Morgan fingerprint density at radius 2 is 2.29 bits per heavy atom. The number of rotatable bonds is 6. The van der Waals surface area contributed by atoms with Gasteiger partial charge in [-0.1, -0.05) is 6.92 Å². The first-order chi connectivity index (χ1) is 8.13. The summed E-state index contributed by atoms with van der Waals surface area (Å²) in [7, 11) is 2.04. The van der Waals surface area contributed by atoms with Crippen molar-refractivity contribution >= 4 is 33.5 Å². The molecule has 1 rings (SSSR count). The van der Waals surface area contributed by atoms with Gasteiger partial charge in [0.2, 0.25) is 0 Å². The summed E-state index contributed by atoms with van der Waals surface area (Å²) in [5.74, 6) is 1.94. The lowest BCUT2D eigenvalue weighted by Gasteiger charge is -2.29. The fourth-order valence-corrected chi connectivity index (χ4v) is 3.00. The van der Waals surface area contributed by atoms with Gasteiger partial charge >= 0.3 is 0 Å². The summed E-state index contributed by atoms with van der Waals surface area (Å²) >= 11 is 5.21. The number of hydrogen-bond acceptors (Lipinski definition) is 4. The van der Waals surface area contributed by atoms with Gasteiger partial charge in [-0.15, -0.1) is 0 Å². The van der Waals surface area contributed by atoms with Gasteiger partial charge in [0.15, 0.2) is 0 Å². The Morgan fingerprint density at radius 1 is 1.59 bits per heavy atom. The molecule has 1 heterocycles. The monoisotopic (exact) mass is 318 g/mol. The number of thioether (sulfide) groups is 1. The van der Waals surface area contributed by atoms with E-state index in [4.69, 9.17) is 0 Å². The Kier molecular flexibility index (Phi) is 6.30. The fourth-order valence-electron chi connectivity index (χ4n) is 1.78. The number of nitrogens with zero attached hydrogens (tertiary/aromatic N) is 2. The van der Waals surface area contributed by atoms with E-state index in [0.717, 1.165) is 28.0 Å². The van der Waals surface area contributed by atoms with Crippen LogP contribution in [-0.4, -0.2) is 35.2 Å². The normalized spacial score (nSPS) is 12.5. The van der Waals surface area contributed by atoms with Gasteiger partial charge < -0.3 is 10.0 Å². The molecular formula is C12H19BrN2OS. The summed E-state index contributed by atoms with van der Waals surface area (Å²) < 4.78 is 0.900. The van der Waals surface area contributed by atoms with E-state index < -0.39 is 0 Å². The molecule has 0 saturated heterocycles. The largest absolute Gasteiger partial charge is 0.392 e. The van der Waals surface area contributed by atoms with Crippen molar-refractivity contribution in [1.82, 2.24) is 4.98 Å². The quantitative estimate of drug-likeness (QED) is 0.875. The molecule has 0 bridgehead atoms. The van der Waals surface area contributed by atoms with Crippen LogP contribution in [0.2, 0.25) is 0 Å². The smallest absolute Gasteiger partial charge is 0.134 e. The Morgan fingerprint density at radius 3 is 2.82 bits per heavy atom. The second-order valence-electron chi connectivity index (χ2n) is 3.92. The first-order valence-corrected chi connectivity index (χ1v) is 7.79. The van der Waals surface area contributed by atoms with Gasteiger partial charge in [-0.3, -0.25) is 0 Å². The van der Waals surface area contributed by atoms with E-state index in [0.29, 0.717) is 6.04 Å². The first-order valence-electron chi connectivity index (χ1n) is 5.61. The van der Waals surface area contributed by atoms with Crippen molar-refractivity contribution in [3.05, 3.63) is 22.3 Å². The molecule has 3 nitrogen and oxygen atoms in total. The van der Waals surface area contributed by atoms with Gasteiger partial charge in [0.1, 0.15) is 5.82 Å². The summed E-state index contributed by atoms with van der Waals surface area (Å²) in [6, 6.07) is 2.37. The van der Waals surface area contributed by atoms with Crippen molar-refractivity contribution in [3.8, 4) is 0 Å². The van der Waals surface area contributed by atoms with E-state index in [1.165, 1.54) is 0 Å². The maximum Gasteiger partial charge on any atom is 0.134 e. The van der Waals surface area contributed by atoms with E-state index in [9.17, 15) is 5.11 Å². The van der Waals surface area contributed by atoms with Crippen molar-refractivity contribution in [2.75, 3.05) is 24.0 Å². The third-order valence-electron chi connectivity index (χ3n) is 2.79. The summed E-state index contributed by atoms with van der Waals surface area (Å²) in [4.78, 5) is 6.57. The van der Waals surface area contributed by atoms with Gasteiger partial charge in [-0.25, -0.2) is 4.98 Å². The number of aliphatic hydroxyl groups is 1. The Bertz CT molecular complexity index is 362. The Labute approximate surface area is 116 Å². The van der Waals surface area contributed by atoms with Crippen LogP contribution in [0.1, 0.15) is 18.9 Å². The van der Waals surface area contributed by atoms with Crippen LogP contribution in [0.5, 0.6) is 0 Å². The van der Waals surface area contributed by atoms with Crippen molar-refractivity contribution in [2.45, 2.75) is 26.0 Å². The van der Waals surface area contributed by atoms with Gasteiger partial charge in [-0.05, 0) is 34.7 Å². The van der Waals surface area contributed by atoms with E-state index >= 15 is 0 Å². The zero-order chi connectivity index (χ0) is 12.8. The number of anilines is 1. The Balaban J connectivity index is 2.97. The van der Waals surface area contributed by atoms with Crippen molar-refractivity contribution in [2.24, 2.45) is 0 Å². The molecular weight excluding hydrogens is 300 g/mol. The topological polar surface area (TPSA) is 36.4 Å². The van der Waals surface area contributed by atoms with Crippen LogP contribution >= 0.6 is 27.7 Å². The predicted molar refractivity (Wildman–Crippen MR) is 78.7 cm³/mol. The molecule has 1 unspecified atom stereocenters. The molecule has 0 aliphatic heterocycles. The van der Waals surface area contributed by atoms with Crippen LogP contribution < -0.4 is 4.90 Å². The minimum atomic E-state index is 0.0157. The third kappa shape index (κ3) is 3.86. The van der Waals surface area contributed by atoms with Gasteiger partial charge in [0.25, 0.3) is 0 Å². The van der Waals surface area contributed by atoms with Crippen LogP contribution in [0, 0.1) is 0 Å². The summed E-state index contributed by atoms with van der Waals surface area (Å²) in [6.07, 6.45) is 4.95. The highest BCUT2D eigenvalue weighted by Crippen LogP contribution is 2.24. The molecule has 1 N–H and O–H groups in total. The van der Waals surface area contributed by atoms with Crippen molar-refractivity contribution in [1.29, 1.82) is 0 Å². The number of pyridine rings is 1. The number of hydrogen-bond donors (Lipinski definition) is 1. The van der Waals surface area contributed by atoms with Gasteiger partial charge in [0, 0.05) is 35.1 Å². The highest BCUT2D eigenvalue weighted by Gasteiger charge is 2.16. The molecule has 0 aliphatic rings. The third-order valence-corrected chi connectivity index (χ3v) is 3.94. The molecule has 1 aromatic heterocycles. The molecule has 0 aliphatic carbocycles. The molecule has 17 heavy (non-hydrogen) atoms. The number of aromatic nitrogens is 1. The Hall–Kier alpha value is -0.260. The first kappa shape index (κ1) is 14.8. The van der Waals surface area contributed by atoms with Crippen molar-refractivity contribution < 1.29 is 5.11 Å². The second-order valence-corrected chi connectivity index (χ2v) is 5.75. The van der Waals surface area contributed by atoms with E-state index in [1.807, 2.05) is 24.9 Å². The average Bonchev–Trinajstić information content (AvgIpc) is 2.34. The molecule has 0 amide bonds. The molecule has 0 aromatic carbocycles. The van der Waals surface area contributed by atoms with Crippen LogP contribution in [0.15, 0.2) is 16.7 Å². The highest BCUT2D eigenvalue weighted by atomic mass is 79.9. The maximum absolute atomic E-state index is 9.38. The summed E-state index contributed by atoms with van der Waals surface area (Å²) in [6.45, 7) is 2.19. The summed E-state index contributed by atoms with van der Waals surface area (Å²) in [5, 5.41) is 9.38. The van der Waals surface area contributed by atoms with Crippen LogP contribution in [0.4, 0.5) is 5.82 Å². The van der Waals surface area contributed by atoms with Gasteiger partial charge in [-0.2, -0.15) is 11.8 Å². The fraction of sp³-hybridized carbons (Fsp3) is 0.583. The van der Waals surface area contributed by atoms with E-state index in [2.05, 4.69) is 39.0 Å². The minimum absolute atomic E-state index is 0.0157. The minimum Gasteiger partial charge on any atom is -0.392 e. The molecule has 0 fully saturated rings. The maximum atomic E-state index is 9.38. The molecule has 1 atom stereocenters. The average molecular weight is 319 g/mol. The molecule has 0 saturated carbocycles. The lowest BCUT2D eigenvalue weighted by atomic mass is 10.2. The zero-order valence-corrected chi connectivity index (χ0v) is 12.9. The molecule has 96 valence electrons. The predicted octanol–water partition coefficient (Wildman–Crippen LogP) is 2.91. The molecule has 5 heteroatoms. The SMILES string of the molecule is CCC(CSC)N(C)c1ncc(Br)cc1CO. The number of aliphatic hydroxyl groups excluding tert-OH is 1. The van der Waals surface area contributed by atoms with Crippen LogP contribution in [-0.2, 0) is 6.61 Å². The molecule has 0 spiro atoms. The second kappa shape index (κ2) is 7.24.